The fourth-order valence-electron chi connectivity index (χ4n) is 3.96. The molecule has 1 saturated heterocycles. The summed E-state index contributed by atoms with van der Waals surface area (Å²) in [5.74, 6) is 0. The predicted octanol–water partition coefficient (Wildman–Crippen LogP) is 4.16. The first-order valence-corrected chi connectivity index (χ1v) is 13.7. The Morgan fingerprint density at radius 2 is 1.94 bits per heavy atom. The Labute approximate surface area is 220 Å². The van der Waals surface area contributed by atoms with E-state index in [4.69, 9.17) is 9.84 Å². The van der Waals surface area contributed by atoms with Crippen molar-refractivity contribution in [1.82, 2.24) is 9.62 Å². The highest BCUT2D eigenvalue weighted by Crippen LogP contribution is 2.36. The molecule has 1 aromatic heterocycles. The molecule has 1 fully saturated rings. The van der Waals surface area contributed by atoms with Gasteiger partial charge in [-0.2, -0.15) is 5.26 Å². The number of ether oxygens (including phenoxy) is 1. The molecule has 0 bridgehead atoms. The maximum absolute atomic E-state index is 9.58. The molecule has 4 rings (SSSR count). The van der Waals surface area contributed by atoms with Crippen molar-refractivity contribution in [3.05, 3.63) is 58.3 Å². The third-order valence-corrected chi connectivity index (χ3v) is 8.27. The molecule has 1 atom stereocenters. The molecule has 9 heteroatoms. The number of benzene rings is 2. The Morgan fingerprint density at radius 3 is 2.72 bits per heavy atom. The number of morpholine rings is 1. The number of anilines is 1. The second-order valence-electron chi connectivity index (χ2n) is 8.67. The van der Waals surface area contributed by atoms with Crippen LogP contribution in [0.2, 0.25) is 0 Å². The van der Waals surface area contributed by atoms with E-state index in [1.54, 1.807) is 11.3 Å². The Balaban J connectivity index is 1.41. The van der Waals surface area contributed by atoms with Gasteiger partial charge in [0, 0.05) is 48.2 Å². The molecule has 3 aromatic rings. The van der Waals surface area contributed by atoms with Crippen molar-refractivity contribution < 1.29 is 14.9 Å². The van der Waals surface area contributed by atoms with Crippen molar-refractivity contribution in [2.45, 2.75) is 13.0 Å². The van der Waals surface area contributed by atoms with E-state index in [-0.39, 0.29) is 13.2 Å². The van der Waals surface area contributed by atoms with Crippen LogP contribution in [0.3, 0.4) is 0 Å². The van der Waals surface area contributed by atoms with E-state index in [9.17, 15) is 10.4 Å². The van der Waals surface area contributed by atoms with Crippen molar-refractivity contribution in [2.24, 2.45) is 0 Å². The van der Waals surface area contributed by atoms with Crippen LogP contribution in [0.25, 0.3) is 26.8 Å². The molecule has 1 unspecified atom stereocenters. The number of allylic oxidation sites excluding steroid dienone is 2. The van der Waals surface area contributed by atoms with Crippen LogP contribution in [0.4, 0.5) is 5.69 Å². The van der Waals surface area contributed by atoms with Crippen molar-refractivity contribution in [3.63, 3.8) is 0 Å². The number of nitrogens with zero attached hydrogens (tertiary/aromatic N) is 2. The third kappa shape index (κ3) is 7.08. The van der Waals surface area contributed by atoms with Gasteiger partial charge in [-0.15, -0.1) is 11.3 Å². The summed E-state index contributed by atoms with van der Waals surface area (Å²) in [5.41, 5.74) is 3.16. The SMILES string of the molecule is C/C(=C(/C#N)SNCC(O)CO)c1ccc(-c2ccc3cc(NCCN4CCOCC4)ccc3c2)s1. The molecular weight excluding hydrogens is 492 g/mol. The minimum atomic E-state index is -0.846. The normalized spacial score (nSPS) is 15.9. The number of hydrogen-bond acceptors (Lipinski definition) is 9. The molecule has 2 aromatic carbocycles. The maximum atomic E-state index is 9.58. The van der Waals surface area contributed by atoms with E-state index in [0.29, 0.717) is 4.91 Å². The van der Waals surface area contributed by atoms with Gasteiger partial charge in [0.2, 0.25) is 0 Å². The van der Waals surface area contributed by atoms with Crippen LogP contribution in [0, 0.1) is 11.3 Å². The number of aliphatic hydroxyl groups is 2. The van der Waals surface area contributed by atoms with Gasteiger partial charge in [-0.1, -0.05) is 18.2 Å². The van der Waals surface area contributed by atoms with Gasteiger partial charge >= 0.3 is 0 Å². The molecule has 190 valence electrons. The van der Waals surface area contributed by atoms with Crippen LogP contribution in [0.5, 0.6) is 0 Å². The Hall–Kier alpha value is -2.42. The second kappa shape index (κ2) is 13.2. The van der Waals surface area contributed by atoms with Crippen LogP contribution in [-0.4, -0.2) is 73.8 Å². The van der Waals surface area contributed by atoms with Gasteiger partial charge in [-0.05, 0) is 71.1 Å². The summed E-state index contributed by atoms with van der Waals surface area (Å²) in [5, 5.41) is 33.9. The summed E-state index contributed by atoms with van der Waals surface area (Å²) in [6.45, 7) is 7.41. The number of nitrogens with one attached hydrogen (secondary N) is 2. The largest absolute Gasteiger partial charge is 0.394 e. The smallest absolute Gasteiger partial charge is 0.108 e. The number of thiophene rings is 1. The third-order valence-electron chi connectivity index (χ3n) is 6.11. The lowest BCUT2D eigenvalue weighted by molar-refractivity contribution is 0.0398. The van der Waals surface area contributed by atoms with E-state index in [1.165, 1.54) is 22.7 Å². The van der Waals surface area contributed by atoms with Crippen LogP contribution >= 0.6 is 23.3 Å². The van der Waals surface area contributed by atoms with Crippen LogP contribution in [0.1, 0.15) is 11.8 Å². The molecule has 36 heavy (non-hydrogen) atoms. The van der Waals surface area contributed by atoms with E-state index in [0.717, 1.165) is 66.0 Å². The molecule has 0 spiro atoms. The topological polar surface area (TPSA) is 101 Å². The molecule has 1 aliphatic heterocycles. The number of hydrogen-bond donors (Lipinski definition) is 4. The number of fused-ring (bicyclic) bond motifs is 1. The number of nitriles is 1. The van der Waals surface area contributed by atoms with Gasteiger partial charge in [-0.25, -0.2) is 0 Å². The first-order chi connectivity index (χ1) is 17.6. The molecule has 1 aliphatic rings. The van der Waals surface area contributed by atoms with Crippen molar-refractivity contribution in [2.75, 3.05) is 57.9 Å². The Morgan fingerprint density at radius 1 is 1.17 bits per heavy atom. The Kier molecular flexibility index (Phi) is 9.78. The van der Waals surface area contributed by atoms with Gasteiger partial charge in [0.1, 0.15) is 11.0 Å². The summed E-state index contributed by atoms with van der Waals surface area (Å²) in [6.07, 6.45) is -0.846. The van der Waals surface area contributed by atoms with Crippen molar-refractivity contribution in [3.8, 4) is 16.5 Å². The lowest BCUT2D eigenvalue weighted by Crippen LogP contribution is -2.38. The zero-order valence-electron chi connectivity index (χ0n) is 20.4. The maximum Gasteiger partial charge on any atom is 0.108 e. The fourth-order valence-corrected chi connectivity index (χ4v) is 5.76. The van der Waals surface area contributed by atoms with E-state index in [2.05, 4.69) is 63.5 Å². The number of aliphatic hydroxyl groups excluding tert-OH is 2. The van der Waals surface area contributed by atoms with Crippen molar-refractivity contribution in [1.29, 1.82) is 5.26 Å². The molecule has 2 heterocycles. The zero-order valence-corrected chi connectivity index (χ0v) is 22.0. The number of rotatable bonds is 11. The summed E-state index contributed by atoms with van der Waals surface area (Å²) < 4.78 is 8.36. The first kappa shape index (κ1) is 26.6. The van der Waals surface area contributed by atoms with Gasteiger partial charge in [-0.3, -0.25) is 9.62 Å². The van der Waals surface area contributed by atoms with Crippen LogP contribution < -0.4 is 10.0 Å². The fraction of sp³-hybridized carbons (Fsp3) is 0.370. The van der Waals surface area contributed by atoms with Gasteiger partial charge in [0.05, 0.1) is 25.9 Å². The lowest BCUT2D eigenvalue weighted by Gasteiger charge is -2.26. The average Bonchev–Trinajstić information content (AvgIpc) is 3.41. The second-order valence-corrected chi connectivity index (χ2v) is 10.7. The summed E-state index contributed by atoms with van der Waals surface area (Å²) in [4.78, 5) is 5.14. The highest BCUT2D eigenvalue weighted by Gasteiger charge is 2.12. The molecular formula is C27H32N4O3S2. The van der Waals surface area contributed by atoms with E-state index >= 15 is 0 Å². The first-order valence-electron chi connectivity index (χ1n) is 12.1. The molecule has 0 radical (unpaired) electrons. The molecule has 4 N–H and O–H groups in total. The summed E-state index contributed by atoms with van der Waals surface area (Å²) in [7, 11) is 0. The minimum absolute atomic E-state index is 0.206. The summed E-state index contributed by atoms with van der Waals surface area (Å²) in [6, 6.07) is 19.4. The monoisotopic (exact) mass is 524 g/mol. The Bertz CT molecular complexity index is 1230. The molecule has 7 nitrogen and oxygen atoms in total. The van der Waals surface area contributed by atoms with Crippen LogP contribution in [0.15, 0.2) is 53.4 Å². The average molecular weight is 525 g/mol. The van der Waals surface area contributed by atoms with Gasteiger partial charge in [0.15, 0.2) is 0 Å². The minimum Gasteiger partial charge on any atom is -0.394 e. The molecule has 0 saturated carbocycles. The molecule has 0 amide bonds. The predicted molar refractivity (Wildman–Crippen MR) is 150 cm³/mol. The lowest BCUT2D eigenvalue weighted by atomic mass is 10.1. The van der Waals surface area contributed by atoms with E-state index in [1.807, 2.05) is 13.0 Å². The standard InChI is InChI=1S/C27H32N4O3S2/c1-19(27(16-28)36-30-17-24(33)18-32)25-6-7-26(35-25)22-3-2-21-15-23(5-4-20(21)14-22)29-8-9-31-10-12-34-13-11-31/h2-7,14-15,24,29-30,32-33H,8-13,17-18H2,1H3/b27-19+. The summed E-state index contributed by atoms with van der Waals surface area (Å²) >= 11 is 2.83. The highest BCUT2D eigenvalue weighted by molar-refractivity contribution is 8.01. The van der Waals surface area contributed by atoms with Crippen LogP contribution in [-0.2, 0) is 4.74 Å². The molecule has 0 aliphatic carbocycles. The van der Waals surface area contributed by atoms with Gasteiger partial charge < -0.3 is 20.3 Å². The van der Waals surface area contributed by atoms with Crippen molar-refractivity contribution >= 4 is 45.3 Å². The zero-order chi connectivity index (χ0) is 25.3. The van der Waals surface area contributed by atoms with E-state index < -0.39 is 6.10 Å². The quantitative estimate of drug-likeness (QED) is 0.219. The highest BCUT2D eigenvalue weighted by atomic mass is 32.2. The van der Waals surface area contributed by atoms with Gasteiger partial charge in [0.25, 0.3) is 0 Å².